The third-order valence-electron chi connectivity index (χ3n) is 5.30. The van der Waals surface area contributed by atoms with Gasteiger partial charge in [0.15, 0.2) is 0 Å². The van der Waals surface area contributed by atoms with Gasteiger partial charge in [-0.3, -0.25) is 19.9 Å². The lowest BCUT2D eigenvalue weighted by molar-refractivity contribution is -0.384. The number of nitrogens with one attached hydrogen (secondary N) is 2. The predicted octanol–water partition coefficient (Wildman–Crippen LogP) is 3.65. The van der Waals surface area contributed by atoms with Crippen molar-refractivity contribution in [1.82, 2.24) is 15.3 Å². The van der Waals surface area contributed by atoms with E-state index < -0.39 is 22.8 Å². The van der Waals surface area contributed by atoms with Gasteiger partial charge in [-0.2, -0.15) is 0 Å². The van der Waals surface area contributed by atoms with Crippen molar-refractivity contribution in [2.45, 2.75) is 12.5 Å². The summed E-state index contributed by atoms with van der Waals surface area (Å²) in [6.45, 7) is 0. The summed E-state index contributed by atoms with van der Waals surface area (Å²) in [7, 11) is 1.27. The molecule has 0 saturated heterocycles. The van der Waals surface area contributed by atoms with E-state index in [1.807, 2.05) is 30.5 Å². The molecule has 2 aromatic heterocycles. The minimum atomic E-state index is -0.891. The Bertz CT molecular complexity index is 1310. The number of para-hydroxylation sites is 1. The number of aromatic amines is 1. The molecule has 2 aromatic carbocycles. The molecule has 4 aromatic rings. The van der Waals surface area contributed by atoms with Gasteiger partial charge in [0.05, 0.1) is 12.0 Å². The van der Waals surface area contributed by atoms with Crippen LogP contribution < -0.4 is 5.32 Å². The van der Waals surface area contributed by atoms with E-state index in [2.05, 4.69) is 15.3 Å². The van der Waals surface area contributed by atoms with Gasteiger partial charge in [0, 0.05) is 47.4 Å². The van der Waals surface area contributed by atoms with Gasteiger partial charge in [0.1, 0.15) is 11.7 Å². The van der Waals surface area contributed by atoms with E-state index in [0.717, 1.165) is 22.0 Å². The lowest BCUT2D eigenvalue weighted by Gasteiger charge is -2.16. The molecule has 2 N–H and O–H groups in total. The fourth-order valence-corrected chi connectivity index (χ4v) is 3.56. The van der Waals surface area contributed by atoms with Crippen LogP contribution in [0.2, 0.25) is 0 Å². The van der Waals surface area contributed by atoms with E-state index in [-0.39, 0.29) is 17.8 Å². The van der Waals surface area contributed by atoms with E-state index in [4.69, 9.17) is 4.74 Å². The van der Waals surface area contributed by atoms with Gasteiger partial charge in [0.2, 0.25) is 0 Å². The number of hydrogen-bond acceptors (Lipinski definition) is 6. The average molecular weight is 444 g/mol. The Morgan fingerprint density at radius 3 is 2.48 bits per heavy atom. The Balaban J connectivity index is 1.49. The number of aromatic nitrogens is 2. The number of esters is 1. The summed E-state index contributed by atoms with van der Waals surface area (Å²) in [5.74, 6) is -1.07. The molecule has 0 spiro atoms. The van der Waals surface area contributed by atoms with Gasteiger partial charge in [0.25, 0.3) is 11.6 Å². The molecule has 2 heterocycles. The molecule has 33 heavy (non-hydrogen) atoms. The number of nitrogens with zero attached hydrogens (tertiary/aromatic N) is 2. The second kappa shape index (κ2) is 9.31. The SMILES string of the molecule is COC(=O)[C@H](Cc1c[nH]c2ccccc12)NC(=O)c1ccc(-c2ccc([N+](=O)[O-])cc2)cn1. The molecule has 0 aliphatic heterocycles. The molecule has 0 aliphatic rings. The van der Waals surface area contributed by atoms with Crippen molar-refractivity contribution in [2.24, 2.45) is 0 Å². The highest BCUT2D eigenvalue weighted by atomic mass is 16.6. The monoisotopic (exact) mass is 444 g/mol. The Hall–Kier alpha value is -4.53. The third kappa shape index (κ3) is 4.72. The van der Waals surface area contributed by atoms with Crippen molar-refractivity contribution < 1.29 is 19.2 Å². The Kier molecular flexibility index (Phi) is 6.12. The van der Waals surface area contributed by atoms with Crippen LogP contribution in [0, 0.1) is 10.1 Å². The van der Waals surface area contributed by atoms with E-state index in [0.29, 0.717) is 5.56 Å². The van der Waals surface area contributed by atoms with Crippen LogP contribution in [0.25, 0.3) is 22.0 Å². The fraction of sp³-hybridized carbons (Fsp3) is 0.125. The minimum Gasteiger partial charge on any atom is -0.467 e. The largest absolute Gasteiger partial charge is 0.467 e. The number of benzene rings is 2. The Morgan fingerprint density at radius 1 is 1.09 bits per heavy atom. The normalized spacial score (nSPS) is 11.7. The molecule has 0 fully saturated rings. The maximum Gasteiger partial charge on any atom is 0.328 e. The summed E-state index contributed by atoms with van der Waals surface area (Å²) in [5.41, 5.74) is 3.37. The van der Waals surface area contributed by atoms with Gasteiger partial charge in [-0.15, -0.1) is 0 Å². The Labute approximate surface area is 188 Å². The summed E-state index contributed by atoms with van der Waals surface area (Å²) in [6.07, 6.45) is 3.57. The summed E-state index contributed by atoms with van der Waals surface area (Å²) in [5, 5.41) is 14.5. The van der Waals surface area contributed by atoms with Crippen molar-refractivity contribution in [3.63, 3.8) is 0 Å². The molecule has 166 valence electrons. The van der Waals surface area contributed by atoms with E-state index in [9.17, 15) is 19.7 Å². The Morgan fingerprint density at radius 2 is 1.82 bits per heavy atom. The number of H-pyrrole nitrogens is 1. The quantitative estimate of drug-likeness (QED) is 0.254. The van der Waals surface area contributed by atoms with Crippen molar-refractivity contribution in [3.05, 3.63) is 94.4 Å². The average Bonchev–Trinajstić information content (AvgIpc) is 3.26. The maximum absolute atomic E-state index is 12.8. The van der Waals surface area contributed by atoms with Gasteiger partial charge >= 0.3 is 5.97 Å². The number of pyridine rings is 1. The molecular formula is C24H20N4O5. The van der Waals surface area contributed by atoms with Crippen LogP contribution in [0.15, 0.2) is 73.1 Å². The summed E-state index contributed by atoms with van der Waals surface area (Å²) >= 11 is 0. The number of fused-ring (bicyclic) bond motifs is 1. The molecular weight excluding hydrogens is 424 g/mol. The lowest BCUT2D eigenvalue weighted by atomic mass is 10.0. The second-order valence-electron chi connectivity index (χ2n) is 7.35. The van der Waals surface area contributed by atoms with Gasteiger partial charge in [-0.05, 0) is 35.4 Å². The van der Waals surface area contributed by atoms with Gasteiger partial charge in [-0.25, -0.2) is 4.79 Å². The topological polar surface area (TPSA) is 127 Å². The molecule has 4 rings (SSSR count). The van der Waals surface area contributed by atoms with Crippen LogP contribution >= 0.6 is 0 Å². The highest BCUT2D eigenvalue weighted by Gasteiger charge is 2.24. The van der Waals surface area contributed by atoms with Crippen LogP contribution in [0.4, 0.5) is 5.69 Å². The number of carbonyl (C=O) groups excluding carboxylic acids is 2. The first-order valence-electron chi connectivity index (χ1n) is 10.1. The number of nitro groups is 1. The standard InChI is InChI=1S/C24H20N4O5/c1-33-24(30)22(12-17-14-25-20-5-3-2-4-19(17)20)27-23(29)21-11-8-16(13-26-21)15-6-9-18(10-7-15)28(31)32/h2-11,13-14,22,25H,12H2,1H3,(H,27,29)/t22-/m0/s1. The summed E-state index contributed by atoms with van der Waals surface area (Å²) in [6, 6.07) is 16.1. The van der Waals surface area contributed by atoms with Crippen LogP contribution in [0.3, 0.4) is 0 Å². The molecule has 9 heteroatoms. The molecule has 1 amide bonds. The number of nitro benzene ring substituents is 1. The molecule has 0 aliphatic carbocycles. The first-order valence-corrected chi connectivity index (χ1v) is 10.1. The highest BCUT2D eigenvalue weighted by Crippen LogP contribution is 2.22. The first-order chi connectivity index (χ1) is 16.0. The molecule has 0 bridgehead atoms. The van der Waals surface area contributed by atoms with Crippen LogP contribution in [0.5, 0.6) is 0 Å². The number of amides is 1. The van der Waals surface area contributed by atoms with Crippen LogP contribution in [-0.4, -0.2) is 39.9 Å². The molecule has 1 atom stereocenters. The first kappa shape index (κ1) is 21.7. The minimum absolute atomic E-state index is 0.00763. The number of non-ortho nitro benzene ring substituents is 1. The number of methoxy groups -OCH3 is 1. The zero-order chi connectivity index (χ0) is 23.4. The lowest BCUT2D eigenvalue weighted by Crippen LogP contribution is -2.43. The van der Waals surface area contributed by atoms with E-state index in [1.54, 1.807) is 18.2 Å². The molecule has 9 nitrogen and oxygen atoms in total. The van der Waals surface area contributed by atoms with Crippen molar-refractivity contribution in [2.75, 3.05) is 7.11 Å². The highest BCUT2D eigenvalue weighted by molar-refractivity contribution is 5.95. The van der Waals surface area contributed by atoms with E-state index in [1.165, 1.54) is 31.5 Å². The summed E-state index contributed by atoms with van der Waals surface area (Å²) in [4.78, 5) is 42.8. The van der Waals surface area contributed by atoms with Crippen molar-refractivity contribution in [1.29, 1.82) is 0 Å². The fourth-order valence-electron chi connectivity index (χ4n) is 3.56. The maximum atomic E-state index is 12.8. The van der Waals surface area contributed by atoms with Crippen molar-refractivity contribution >= 4 is 28.5 Å². The van der Waals surface area contributed by atoms with Gasteiger partial charge in [-0.1, -0.05) is 24.3 Å². The van der Waals surface area contributed by atoms with Crippen molar-refractivity contribution in [3.8, 4) is 11.1 Å². The zero-order valence-corrected chi connectivity index (χ0v) is 17.6. The zero-order valence-electron chi connectivity index (χ0n) is 17.6. The molecule has 0 unspecified atom stereocenters. The molecule has 0 radical (unpaired) electrons. The van der Waals surface area contributed by atoms with Crippen LogP contribution in [-0.2, 0) is 16.0 Å². The second-order valence-corrected chi connectivity index (χ2v) is 7.35. The third-order valence-corrected chi connectivity index (χ3v) is 5.30. The summed E-state index contributed by atoms with van der Waals surface area (Å²) < 4.78 is 4.88. The smallest absolute Gasteiger partial charge is 0.328 e. The number of carbonyl (C=O) groups is 2. The number of rotatable bonds is 7. The predicted molar refractivity (Wildman–Crippen MR) is 122 cm³/mol. The number of ether oxygens (including phenoxy) is 1. The molecule has 0 saturated carbocycles. The van der Waals surface area contributed by atoms with E-state index >= 15 is 0 Å². The van der Waals surface area contributed by atoms with Crippen LogP contribution in [0.1, 0.15) is 16.1 Å². The van der Waals surface area contributed by atoms with Gasteiger partial charge < -0.3 is 15.0 Å². The number of hydrogen-bond donors (Lipinski definition) is 2.